The molecule has 2 aromatic heterocycles. The second-order valence-electron chi connectivity index (χ2n) is 6.57. The molecular formula is C18H25N5O2. The summed E-state index contributed by atoms with van der Waals surface area (Å²) >= 11 is 0. The number of imidazole rings is 1. The summed E-state index contributed by atoms with van der Waals surface area (Å²) in [6.45, 7) is 3.05. The highest BCUT2D eigenvalue weighted by Gasteiger charge is 2.25. The molecule has 1 N–H and O–H groups in total. The van der Waals surface area contributed by atoms with Crippen molar-refractivity contribution in [1.82, 2.24) is 19.4 Å². The number of likely N-dealkylation sites (tertiary alicyclic amines) is 1. The monoisotopic (exact) mass is 343 g/mol. The number of amides is 1. The molecule has 0 radical (unpaired) electrons. The van der Waals surface area contributed by atoms with Crippen LogP contribution in [0.3, 0.4) is 0 Å². The van der Waals surface area contributed by atoms with Crippen LogP contribution in [0.2, 0.25) is 0 Å². The van der Waals surface area contributed by atoms with Gasteiger partial charge in [-0.25, -0.2) is 9.97 Å². The maximum atomic E-state index is 12.8. The van der Waals surface area contributed by atoms with Gasteiger partial charge in [-0.1, -0.05) is 0 Å². The van der Waals surface area contributed by atoms with Crippen LogP contribution >= 0.6 is 0 Å². The average Bonchev–Trinajstić information content (AvgIpc) is 3.15. The standard InChI is InChI=1S/C18H25N5O2/c1-21(9-10-24)17-5-4-16(11-20-17)18(25)23-7-2-3-15(13-23)12-22-8-6-19-14-22/h4-6,8,11,14-15,24H,2-3,7,9-10,12-13H2,1H3/t15-/m1/s1. The fourth-order valence-electron chi connectivity index (χ4n) is 3.28. The van der Waals surface area contributed by atoms with Gasteiger partial charge in [-0.15, -0.1) is 0 Å². The number of aliphatic hydroxyl groups excluding tert-OH is 1. The maximum absolute atomic E-state index is 12.8. The molecule has 1 amide bonds. The molecule has 7 nitrogen and oxygen atoms in total. The lowest BCUT2D eigenvalue weighted by Gasteiger charge is -2.33. The van der Waals surface area contributed by atoms with Crippen molar-refractivity contribution in [2.75, 3.05) is 38.2 Å². The van der Waals surface area contributed by atoms with E-state index in [0.29, 0.717) is 18.0 Å². The van der Waals surface area contributed by atoms with Crippen molar-refractivity contribution in [3.63, 3.8) is 0 Å². The highest BCUT2D eigenvalue weighted by Crippen LogP contribution is 2.20. The average molecular weight is 343 g/mol. The molecule has 1 aliphatic heterocycles. The number of rotatable bonds is 6. The van der Waals surface area contributed by atoms with Crippen LogP contribution in [-0.4, -0.2) is 63.7 Å². The summed E-state index contributed by atoms with van der Waals surface area (Å²) in [5, 5.41) is 8.99. The first-order valence-electron chi connectivity index (χ1n) is 8.70. The van der Waals surface area contributed by atoms with Crippen LogP contribution in [-0.2, 0) is 6.54 Å². The first kappa shape index (κ1) is 17.4. The number of hydrogen-bond acceptors (Lipinski definition) is 5. The van der Waals surface area contributed by atoms with Gasteiger partial charge >= 0.3 is 0 Å². The van der Waals surface area contributed by atoms with Crippen LogP contribution in [0.4, 0.5) is 5.82 Å². The minimum Gasteiger partial charge on any atom is -0.395 e. The third-order valence-corrected chi connectivity index (χ3v) is 4.66. The SMILES string of the molecule is CN(CCO)c1ccc(C(=O)N2CCC[C@H](Cn3ccnc3)C2)cn1. The quantitative estimate of drug-likeness (QED) is 0.855. The Morgan fingerprint density at radius 1 is 1.44 bits per heavy atom. The summed E-state index contributed by atoms with van der Waals surface area (Å²) in [5.41, 5.74) is 0.615. The zero-order chi connectivity index (χ0) is 17.6. The Hall–Kier alpha value is -2.41. The Morgan fingerprint density at radius 2 is 2.32 bits per heavy atom. The van der Waals surface area contributed by atoms with E-state index in [1.807, 2.05) is 41.5 Å². The van der Waals surface area contributed by atoms with Crippen molar-refractivity contribution in [3.05, 3.63) is 42.6 Å². The first-order valence-corrected chi connectivity index (χ1v) is 8.70. The van der Waals surface area contributed by atoms with Crippen LogP contribution in [0.25, 0.3) is 0 Å². The number of aliphatic hydroxyl groups is 1. The zero-order valence-electron chi connectivity index (χ0n) is 14.6. The van der Waals surface area contributed by atoms with Gasteiger partial charge in [0.2, 0.25) is 0 Å². The smallest absolute Gasteiger partial charge is 0.255 e. The molecule has 1 fully saturated rings. The molecule has 2 aromatic rings. The molecule has 0 saturated carbocycles. The fourth-order valence-corrected chi connectivity index (χ4v) is 3.28. The van der Waals surface area contributed by atoms with Gasteiger partial charge < -0.3 is 19.5 Å². The van der Waals surface area contributed by atoms with Gasteiger partial charge in [0.1, 0.15) is 5.82 Å². The molecule has 1 aliphatic rings. The minimum absolute atomic E-state index is 0.0409. The number of nitrogens with zero attached hydrogens (tertiary/aromatic N) is 5. The normalized spacial score (nSPS) is 17.5. The molecule has 25 heavy (non-hydrogen) atoms. The van der Waals surface area contributed by atoms with Crippen LogP contribution in [0.5, 0.6) is 0 Å². The molecule has 1 saturated heterocycles. The van der Waals surface area contributed by atoms with Crippen molar-refractivity contribution in [3.8, 4) is 0 Å². The van der Waals surface area contributed by atoms with Gasteiger partial charge in [0.05, 0.1) is 18.5 Å². The van der Waals surface area contributed by atoms with E-state index in [2.05, 4.69) is 14.5 Å². The molecule has 0 unspecified atom stereocenters. The van der Waals surface area contributed by atoms with E-state index in [1.165, 1.54) is 0 Å². The molecule has 0 bridgehead atoms. The summed E-state index contributed by atoms with van der Waals surface area (Å²) in [7, 11) is 1.87. The topological polar surface area (TPSA) is 74.5 Å². The summed E-state index contributed by atoms with van der Waals surface area (Å²) in [5.74, 6) is 1.25. The van der Waals surface area contributed by atoms with E-state index in [9.17, 15) is 4.79 Å². The highest BCUT2D eigenvalue weighted by atomic mass is 16.3. The molecule has 0 aromatic carbocycles. The van der Waals surface area contributed by atoms with Crippen LogP contribution < -0.4 is 4.90 Å². The second-order valence-corrected chi connectivity index (χ2v) is 6.57. The number of pyridine rings is 1. The van der Waals surface area contributed by atoms with E-state index < -0.39 is 0 Å². The number of anilines is 1. The van der Waals surface area contributed by atoms with Gasteiger partial charge in [-0.05, 0) is 30.9 Å². The third kappa shape index (κ3) is 4.36. The van der Waals surface area contributed by atoms with Gasteiger partial charge in [0, 0.05) is 51.8 Å². The Kier molecular flexibility index (Phi) is 5.65. The molecule has 1 atom stereocenters. The van der Waals surface area contributed by atoms with Crippen LogP contribution in [0.1, 0.15) is 23.2 Å². The molecule has 134 valence electrons. The maximum Gasteiger partial charge on any atom is 0.255 e. The Morgan fingerprint density at radius 3 is 3.00 bits per heavy atom. The van der Waals surface area contributed by atoms with Crippen molar-refractivity contribution in [2.45, 2.75) is 19.4 Å². The van der Waals surface area contributed by atoms with Gasteiger partial charge in [0.15, 0.2) is 0 Å². The Bertz CT molecular complexity index is 671. The molecule has 7 heteroatoms. The Balaban J connectivity index is 1.61. The van der Waals surface area contributed by atoms with Gasteiger partial charge in [0.25, 0.3) is 5.91 Å². The predicted octanol–water partition coefficient (Wildman–Crippen LogP) is 1.26. The summed E-state index contributed by atoms with van der Waals surface area (Å²) in [6.07, 6.45) is 9.36. The Labute approximate surface area is 147 Å². The van der Waals surface area contributed by atoms with Crippen molar-refractivity contribution in [2.24, 2.45) is 5.92 Å². The lowest BCUT2D eigenvalue weighted by molar-refractivity contribution is 0.0662. The number of likely N-dealkylation sites (N-methyl/N-ethyl adjacent to an activating group) is 1. The summed E-state index contributed by atoms with van der Waals surface area (Å²) < 4.78 is 2.08. The van der Waals surface area contributed by atoms with E-state index in [0.717, 1.165) is 38.3 Å². The second kappa shape index (κ2) is 8.11. The van der Waals surface area contributed by atoms with Crippen molar-refractivity contribution >= 4 is 11.7 Å². The number of carbonyl (C=O) groups excluding carboxylic acids is 1. The minimum atomic E-state index is 0.0409. The summed E-state index contributed by atoms with van der Waals surface area (Å²) in [4.78, 5) is 25.0. The predicted molar refractivity (Wildman–Crippen MR) is 95.4 cm³/mol. The lowest BCUT2D eigenvalue weighted by Crippen LogP contribution is -2.41. The molecule has 3 heterocycles. The van der Waals surface area contributed by atoms with Crippen molar-refractivity contribution in [1.29, 1.82) is 0 Å². The van der Waals surface area contributed by atoms with E-state index in [1.54, 1.807) is 12.4 Å². The van der Waals surface area contributed by atoms with E-state index >= 15 is 0 Å². The van der Waals surface area contributed by atoms with E-state index in [-0.39, 0.29) is 12.5 Å². The lowest BCUT2D eigenvalue weighted by atomic mass is 9.97. The molecule has 0 spiro atoms. The fraction of sp³-hybridized carbons (Fsp3) is 0.500. The molecule has 3 rings (SSSR count). The van der Waals surface area contributed by atoms with Gasteiger partial charge in [-0.2, -0.15) is 0 Å². The number of hydrogen-bond donors (Lipinski definition) is 1. The summed E-state index contributed by atoms with van der Waals surface area (Å²) in [6, 6.07) is 3.65. The van der Waals surface area contributed by atoms with Crippen molar-refractivity contribution < 1.29 is 9.90 Å². The first-order chi connectivity index (χ1) is 12.2. The number of aromatic nitrogens is 3. The molecule has 0 aliphatic carbocycles. The van der Waals surface area contributed by atoms with E-state index in [4.69, 9.17) is 5.11 Å². The number of carbonyl (C=O) groups is 1. The molecular weight excluding hydrogens is 318 g/mol. The van der Waals surface area contributed by atoms with Crippen LogP contribution in [0, 0.1) is 5.92 Å². The zero-order valence-corrected chi connectivity index (χ0v) is 14.6. The highest BCUT2D eigenvalue weighted by molar-refractivity contribution is 5.94. The van der Waals surface area contributed by atoms with Gasteiger partial charge in [-0.3, -0.25) is 4.79 Å². The van der Waals surface area contributed by atoms with Crippen LogP contribution in [0.15, 0.2) is 37.1 Å². The largest absolute Gasteiger partial charge is 0.395 e. The number of piperidine rings is 1. The third-order valence-electron chi connectivity index (χ3n) is 4.66.